The van der Waals surface area contributed by atoms with Crippen molar-refractivity contribution in [3.05, 3.63) is 76.6 Å². The molecule has 1 saturated heterocycles. The Morgan fingerprint density at radius 2 is 1.66 bits per heavy atom. The summed E-state index contributed by atoms with van der Waals surface area (Å²) in [5.41, 5.74) is 2.27. The third-order valence-electron chi connectivity index (χ3n) is 5.65. The van der Waals surface area contributed by atoms with Crippen LogP contribution in [-0.2, 0) is 4.74 Å². The van der Waals surface area contributed by atoms with Gasteiger partial charge in [-0.2, -0.15) is 5.10 Å². The summed E-state index contributed by atoms with van der Waals surface area (Å²) in [5, 5.41) is 6.87. The molecular formula is C23H21N3O3. The second-order valence-corrected chi connectivity index (χ2v) is 7.64. The average Bonchev–Trinajstić information content (AvgIpc) is 3.52. The van der Waals surface area contributed by atoms with Crippen LogP contribution in [0.15, 0.2) is 65.5 Å². The molecule has 6 heteroatoms. The quantitative estimate of drug-likeness (QED) is 0.749. The van der Waals surface area contributed by atoms with Gasteiger partial charge in [-0.15, -0.1) is 0 Å². The highest BCUT2D eigenvalue weighted by Crippen LogP contribution is 2.42. The van der Waals surface area contributed by atoms with Crippen molar-refractivity contribution < 1.29 is 9.53 Å². The van der Waals surface area contributed by atoms with E-state index in [1.807, 2.05) is 60.7 Å². The molecular weight excluding hydrogens is 366 g/mol. The summed E-state index contributed by atoms with van der Waals surface area (Å²) in [5.74, 6) is -0.265. The number of aromatic nitrogens is 2. The van der Waals surface area contributed by atoms with Crippen LogP contribution in [0.25, 0.3) is 22.4 Å². The summed E-state index contributed by atoms with van der Waals surface area (Å²) in [6.45, 7) is 1.51. The first-order valence-corrected chi connectivity index (χ1v) is 9.84. The van der Waals surface area contributed by atoms with Gasteiger partial charge in [-0.05, 0) is 18.4 Å². The van der Waals surface area contributed by atoms with Crippen molar-refractivity contribution in [2.45, 2.75) is 18.4 Å². The molecule has 1 aliphatic heterocycles. The lowest BCUT2D eigenvalue weighted by Gasteiger charge is -2.33. The van der Waals surface area contributed by atoms with E-state index in [1.165, 1.54) is 0 Å². The third kappa shape index (κ3) is 3.25. The monoisotopic (exact) mass is 387 g/mol. The van der Waals surface area contributed by atoms with Crippen molar-refractivity contribution in [1.82, 2.24) is 15.1 Å². The Labute approximate surface area is 168 Å². The zero-order valence-corrected chi connectivity index (χ0v) is 15.9. The lowest BCUT2D eigenvalue weighted by Crippen LogP contribution is -2.48. The van der Waals surface area contributed by atoms with Gasteiger partial charge in [-0.1, -0.05) is 60.7 Å². The van der Waals surface area contributed by atoms with Crippen LogP contribution in [0, 0.1) is 0 Å². The van der Waals surface area contributed by atoms with Gasteiger partial charge >= 0.3 is 0 Å². The van der Waals surface area contributed by atoms with Crippen molar-refractivity contribution in [2.24, 2.45) is 0 Å². The maximum atomic E-state index is 13.5. The van der Waals surface area contributed by atoms with Crippen molar-refractivity contribution >= 4 is 5.91 Å². The Hall–Kier alpha value is -3.25. The molecule has 0 unspecified atom stereocenters. The fourth-order valence-electron chi connectivity index (χ4n) is 3.96. The van der Waals surface area contributed by atoms with Crippen molar-refractivity contribution in [3.63, 3.8) is 0 Å². The molecule has 0 radical (unpaired) electrons. The lowest BCUT2D eigenvalue weighted by atomic mass is 9.95. The Morgan fingerprint density at radius 1 is 1.00 bits per heavy atom. The molecule has 1 saturated carbocycles. The zero-order valence-electron chi connectivity index (χ0n) is 15.9. The van der Waals surface area contributed by atoms with Gasteiger partial charge in [0, 0.05) is 17.7 Å². The summed E-state index contributed by atoms with van der Waals surface area (Å²) < 4.78 is 5.84. The smallest absolute Gasteiger partial charge is 0.277 e. The van der Waals surface area contributed by atoms with Gasteiger partial charge in [0.25, 0.3) is 11.5 Å². The normalized spacial score (nSPS) is 17.3. The SMILES string of the molecule is O=C(c1c(-c2ccccc2)c(-c2ccccc2)n[nH]c1=O)N1CCOC2(CC2)C1. The van der Waals surface area contributed by atoms with Gasteiger partial charge in [0.2, 0.25) is 0 Å². The number of carbonyl (C=O) groups is 1. The summed E-state index contributed by atoms with van der Waals surface area (Å²) >= 11 is 0. The minimum Gasteiger partial charge on any atom is -0.371 e. The van der Waals surface area contributed by atoms with Gasteiger partial charge in [0.1, 0.15) is 5.56 Å². The van der Waals surface area contributed by atoms with Crippen molar-refractivity contribution in [1.29, 1.82) is 0 Å². The van der Waals surface area contributed by atoms with Crippen LogP contribution >= 0.6 is 0 Å². The molecule has 2 heterocycles. The van der Waals surface area contributed by atoms with Crippen molar-refractivity contribution in [3.8, 4) is 22.4 Å². The highest BCUT2D eigenvalue weighted by atomic mass is 16.5. The van der Waals surface area contributed by atoms with E-state index in [2.05, 4.69) is 10.2 Å². The summed E-state index contributed by atoms with van der Waals surface area (Å²) in [7, 11) is 0. The molecule has 1 amide bonds. The lowest BCUT2D eigenvalue weighted by molar-refractivity contribution is -0.0376. The van der Waals surface area contributed by atoms with Crippen LogP contribution in [0.4, 0.5) is 0 Å². The van der Waals surface area contributed by atoms with Gasteiger partial charge < -0.3 is 9.64 Å². The average molecular weight is 387 g/mol. The number of nitrogens with zero attached hydrogens (tertiary/aromatic N) is 2. The number of rotatable bonds is 3. The molecule has 0 bridgehead atoms. The molecule has 1 aromatic heterocycles. The van der Waals surface area contributed by atoms with Crippen LogP contribution < -0.4 is 5.56 Å². The maximum Gasteiger partial charge on any atom is 0.277 e. The van der Waals surface area contributed by atoms with Gasteiger partial charge in [-0.3, -0.25) is 9.59 Å². The highest BCUT2D eigenvalue weighted by Gasteiger charge is 2.48. The molecule has 5 rings (SSSR count). The van der Waals surface area contributed by atoms with E-state index in [-0.39, 0.29) is 17.1 Å². The number of hydrogen-bond acceptors (Lipinski definition) is 4. The summed E-state index contributed by atoms with van der Waals surface area (Å²) in [6.07, 6.45) is 1.93. The van der Waals surface area contributed by atoms with Crippen LogP contribution in [0.2, 0.25) is 0 Å². The topological polar surface area (TPSA) is 75.3 Å². The van der Waals surface area contributed by atoms with Gasteiger partial charge in [0.15, 0.2) is 0 Å². The maximum absolute atomic E-state index is 13.5. The first-order chi connectivity index (χ1) is 14.2. The number of amides is 1. The predicted octanol–water partition coefficient (Wildman–Crippen LogP) is 3.11. The first-order valence-electron chi connectivity index (χ1n) is 9.84. The van der Waals surface area contributed by atoms with Gasteiger partial charge in [-0.25, -0.2) is 5.10 Å². The van der Waals surface area contributed by atoms with E-state index in [1.54, 1.807) is 4.90 Å². The minimum atomic E-state index is -0.468. The number of carbonyl (C=O) groups excluding carboxylic acids is 1. The molecule has 29 heavy (non-hydrogen) atoms. The second kappa shape index (κ2) is 6.97. The molecule has 146 valence electrons. The third-order valence-corrected chi connectivity index (χ3v) is 5.65. The molecule has 2 aromatic carbocycles. The molecule has 6 nitrogen and oxygen atoms in total. The first kappa shape index (κ1) is 17.8. The number of H-pyrrole nitrogens is 1. The number of benzene rings is 2. The van der Waals surface area contributed by atoms with E-state index in [0.717, 1.165) is 24.0 Å². The number of aromatic amines is 1. The molecule has 0 atom stereocenters. The number of ether oxygens (including phenoxy) is 1. The molecule has 1 spiro atoms. The van der Waals surface area contributed by atoms with Crippen LogP contribution in [0.5, 0.6) is 0 Å². The van der Waals surface area contributed by atoms with E-state index in [9.17, 15) is 9.59 Å². The molecule has 1 N–H and O–H groups in total. The zero-order chi connectivity index (χ0) is 19.8. The number of nitrogens with one attached hydrogen (secondary N) is 1. The standard InChI is InChI=1S/C23H21N3O3/c27-21-19(22(28)26-13-14-29-23(15-26)11-12-23)18(16-7-3-1-4-8-16)20(24-25-21)17-9-5-2-6-10-17/h1-10H,11-15H2,(H,25,27). The van der Waals surface area contributed by atoms with Crippen LogP contribution in [0.1, 0.15) is 23.2 Å². The Balaban J connectivity index is 1.68. The Morgan fingerprint density at radius 3 is 2.31 bits per heavy atom. The summed E-state index contributed by atoms with van der Waals surface area (Å²) in [4.78, 5) is 28.1. The number of hydrogen-bond donors (Lipinski definition) is 1. The number of morpholine rings is 1. The fraction of sp³-hybridized carbons (Fsp3) is 0.261. The van der Waals surface area contributed by atoms with Crippen molar-refractivity contribution in [2.75, 3.05) is 19.7 Å². The van der Waals surface area contributed by atoms with E-state index in [4.69, 9.17) is 4.74 Å². The van der Waals surface area contributed by atoms with Crippen LogP contribution in [0.3, 0.4) is 0 Å². The Bertz CT molecular complexity index is 1110. The highest BCUT2D eigenvalue weighted by molar-refractivity contribution is 6.03. The van der Waals surface area contributed by atoms with E-state index in [0.29, 0.717) is 31.0 Å². The van der Waals surface area contributed by atoms with Gasteiger partial charge in [0.05, 0.1) is 24.4 Å². The Kier molecular flexibility index (Phi) is 4.28. The second-order valence-electron chi connectivity index (χ2n) is 7.64. The minimum absolute atomic E-state index is 0.141. The molecule has 2 aliphatic rings. The molecule has 2 fully saturated rings. The fourth-order valence-corrected chi connectivity index (χ4v) is 3.96. The van der Waals surface area contributed by atoms with E-state index < -0.39 is 5.56 Å². The largest absolute Gasteiger partial charge is 0.371 e. The van der Waals surface area contributed by atoms with E-state index >= 15 is 0 Å². The summed E-state index contributed by atoms with van der Waals surface area (Å²) in [6, 6.07) is 19.1. The van der Waals surface area contributed by atoms with Crippen LogP contribution in [-0.4, -0.2) is 46.3 Å². The molecule has 1 aliphatic carbocycles. The predicted molar refractivity (Wildman–Crippen MR) is 110 cm³/mol. The molecule has 3 aromatic rings.